The molecule has 7 heteroatoms. The molecular weight excluding hydrogens is 248 g/mol. The summed E-state index contributed by atoms with van der Waals surface area (Å²) in [5, 5.41) is 6.75. The van der Waals surface area contributed by atoms with Crippen LogP contribution in [0.4, 0.5) is 0 Å². The molecule has 2 aromatic heterocycles. The Kier molecular flexibility index (Phi) is 4.07. The minimum Gasteiger partial charge on any atom is -0.466 e. The molecule has 0 aromatic carbocycles. The van der Waals surface area contributed by atoms with Crippen molar-refractivity contribution in [2.24, 2.45) is 0 Å². The van der Waals surface area contributed by atoms with Crippen molar-refractivity contribution in [2.75, 3.05) is 6.61 Å². The SMILES string of the molecule is CCOC(=O)CCc1nc(-c2cc[nH]c(=O)c2)n[nH]1. The second kappa shape index (κ2) is 5.94. The van der Waals surface area contributed by atoms with Gasteiger partial charge in [-0.25, -0.2) is 4.98 Å². The number of hydrogen-bond donors (Lipinski definition) is 2. The van der Waals surface area contributed by atoms with Gasteiger partial charge in [-0.15, -0.1) is 0 Å². The zero-order chi connectivity index (χ0) is 13.7. The summed E-state index contributed by atoms with van der Waals surface area (Å²) < 4.78 is 4.82. The molecule has 0 aliphatic carbocycles. The van der Waals surface area contributed by atoms with Gasteiger partial charge in [-0.1, -0.05) is 0 Å². The maximum Gasteiger partial charge on any atom is 0.306 e. The van der Waals surface area contributed by atoms with Gasteiger partial charge in [0.1, 0.15) is 5.82 Å². The van der Waals surface area contributed by atoms with Crippen LogP contribution in [0.25, 0.3) is 11.4 Å². The lowest BCUT2D eigenvalue weighted by Crippen LogP contribution is -2.05. The van der Waals surface area contributed by atoms with E-state index in [4.69, 9.17) is 4.74 Å². The molecule has 2 aromatic rings. The van der Waals surface area contributed by atoms with Crippen LogP contribution >= 0.6 is 0 Å². The molecule has 0 aliphatic rings. The molecule has 0 fully saturated rings. The van der Waals surface area contributed by atoms with Crippen LogP contribution in [0.2, 0.25) is 0 Å². The number of hydrogen-bond acceptors (Lipinski definition) is 5. The number of carbonyl (C=O) groups is 1. The molecule has 0 aliphatic heterocycles. The quantitative estimate of drug-likeness (QED) is 0.771. The van der Waals surface area contributed by atoms with Crippen molar-refractivity contribution in [3.63, 3.8) is 0 Å². The Morgan fingerprint density at radius 1 is 1.47 bits per heavy atom. The van der Waals surface area contributed by atoms with E-state index in [9.17, 15) is 9.59 Å². The standard InChI is InChI=1S/C12H14N4O3/c1-2-19-11(18)4-3-9-14-12(16-15-9)8-5-6-13-10(17)7-8/h5-7H,2-4H2,1H3,(H,13,17)(H,14,15,16). The molecule has 0 radical (unpaired) electrons. The number of aromatic amines is 2. The lowest BCUT2D eigenvalue weighted by molar-refractivity contribution is -0.143. The van der Waals surface area contributed by atoms with E-state index in [2.05, 4.69) is 20.2 Å². The van der Waals surface area contributed by atoms with Crippen molar-refractivity contribution in [1.82, 2.24) is 20.2 Å². The molecular formula is C12H14N4O3. The Morgan fingerprint density at radius 2 is 2.32 bits per heavy atom. The first kappa shape index (κ1) is 13.0. The van der Waals surface area contributed by atoms with E-state index in [0.717, 1.165) is 0 Å². The smallest absolute Gasteiger partial charge is 0.306 e. The normalized spacial score (nSPS) is 10.4. The lowest BCUT2D eigenvalue weighted by Gasteiger charge is -1.98. The summed E-state index contributed by atoms with van der Waals surface area (Å²) in [6.45, 7) is 2.13. The van der Waals surface area contributed by atoms with Crippen molar-refractivity contribution in [1.29, 1.82) is 0 Å². The Bertz CT molecular complexity index is 617. The zero-order valence-electron chi connectivity index (χ0n) is 10.5. The fourth-order valence-corrected chi connectivity index (χ4v) is 1.57. The van der Waals surface area contributed by atoms with E-state index in [0.29, 0.717) is 30.2 Å². The van der Waals surface area contributed by atoms with E-state index in [1.165, 1.54) is 12.3 Å². The van der Waals surface area contributed by atoms with Gasteiger partial charge in [-0.05, 0) is 13.0 Å². The summed E-state index contributed by atoms with van der Waals surface area (Å²) in [6.07, 6.45) is 2.21. The predicted octanol–water partition coefficient (Wildman–Crippen LogP) is 0.656. The van der Waals surface area contributed by atoms with Crippen molar-refractivity contribution < 1.29 is 9.53 Å². The first-order chi connectivity index (χ1) is 9.19. The van der Waals surface area contributed by atoms with Gasteiger partial charge in [0, 0.05) is 24.2 Å². The number of H-pyrrole nitrogens is 2. The van der Waals surface area contributed by atoms with Gasteiger partial charge in [-0.3, -0.25) is 14.7 Å². The van der Waals surface area contributed by atoms with Gasteiger partial charge in [0.25, 0.3) is 0 Å². The monoisotopic (exact) mass is 262 g/mol. The van der Waals surface area contributed by atoms with Gasteiger partial charge < -0.3 is 9.72 Å². The third-order valence-electron chi connectivity index (χ3n) is 2.44. The van der Waals surface area contributed by atoms with E-state index >= 15 is 0 Å². The van der Waals surface area contributed by atoms with Crippen LogP contribution in [0.5, 0.6) is 0 Å². The van der Waals surface area contributed by atoms with Crippen molar-refractivity contribution >= 4 is 5.97 Å². The van der Waals surface area contributed by atoms with E-state index in [1.54, 1.807) is 13.0 Å². The highest BCUT2D eigenvalue weighted by atomic mass is 16.5. The molecule has 7 nitrogen and oxygen atoms in total. The summed E-state index contributed by atoms with van der Waals surface area (Å²) in [5.74, 6) is 0.755. The van der Waals surface area contributed by atoms with Gasteiger partial charge in [0.2, 0.25) is 5.56 Å². The molecule has 100 valence electrons. The fraction of sp³-hybridized carbons (Fsp3) is 0.333. The molecule has 0 saturated heterocycles. The van der Waals surface area contributed by atoms with E-state index < -0.39 is 0 Å². The summed E-state index contributed by atoms with van der Waals surface area (Å²) in [6, 6.07) is 3.12. The molecule has 0 bridgehead atoms. The maximum absolute atomic E-state index is 11.2. The van der Waals surface area contributed by atoms with Gasteiger partial charge >= 0.3 is 5.97 Å². The lowest BCUT2D eigenvalue weighted by atomic mass is 10.2. The minimum atomic E-state index is -0.267. The first-order valence-corrected chi connectivity index (χ1v) is 5.95. The number of nitrogens with zero attached hydrogens (tertiary/aromatic N) is 2. The first-order valence-electron chi connectivity index (χ1n) is 5.95. The average molecular weight is 262 g/mol. The highest BCUT2D eigenvalue weighted by Crippen LogP contribution is 2.11. The molecule has 0 spiro atoms. The molecule has 2 N–H and O–H groups in total. The Morgan fingerprint density at radius 3 is 3.05 bits per heavy atom. The predicted molar refractivity (Wildman–Crippen MR) is 67.4 cm³/mol. The summed E-state index contributed by atoms with van der Waals surface area (Å²) >= 11 is 0. The number of rotatable bonds is 5. The maximum atomic E-state index is 11.2. The highest BCUT2D eigenvalue weighted by molar-refractivity contribution is 5.69. The van der Waals surface area contributed by atoms with Crippen molar-refractivity contribution in [3.8, 4) is 11.4 Å². The van der Waals surface area contributed by atoms with Crippen LogP contribution in [0.15, 0.2) is 23.1 Å². The summed E-state index contributed by atoms with van der Waals surface area (Å²) in [4.78, 5) is 29.1. The molecule has 0 saturated carbocycles. The zero-order valence-corrected chi connectivity index (χ0v) is 10.5. The fourth-order valence-electron chi connectivity index (χ4n) is 1.57. The molecule has 0 unspecified atom stereocenters. The van der Waals surface area contributed by atoms with Gasteiger partial charge in [0.15, 0.2) is 5.82 Å². The van der Waals surface area contributed by atoms with Crippen molar-refractivity contribution in [3.05, 3.63) is 34.5 Å². The van der Waals surface area contributed by atoms with Crippen LogP contribution < -0.4 is 5.56 Å². The molecule has 0 atom stereocenters. The number of nitrogens with one attached hydrogen (secondary N) is 2. The summed E-state index contributed by atoms with van der Waals surface area (Å²) in [7, 11) is 0. The van der Waals surface area contributed by atoms with E-state index in [-0.39, 0.29) is 17.9 Å². The van der Waals surface area contributed by atoms with Gasteiger partial charge in [-0.2, -0.15) is 5.10 Å². The highest BCUT2D eigenvalue weighted by Gasteiger charge is 2.08. The van der Waals surface area contributed by atoms with Crippen LogP contribution in [0.1, 0.15) is 19.2 Å². The number of pyridine rings is 1. The number of carbonyl (C=O) groups excluding carboxylic acids is 1. The van der Waals surface area contributed by atoms with Gasteiger partial charge in [0.05, 0.1) is 13.0 Å². The second-order valence-electron chi connectivity index (χ2n) is 3.85. The topological polar surface area (TPSA) is 101 Å². The molecule has 2 rings (SSSR count). The van der Waals surface area contributed by atoms with Crippen LogP contribution in [0, 0.1) is 0 Å². The third kappa shape index (κ3) is 3.51. The third-order valence-corrected chi connectivity index (χ3v) is 2.44. The van der Waals surface area contributed by atoms with Crippen molar-refractivity contribution in [2.45, 2.75) is 19.8 Å². The average Bonchev–Trinajstić information content (AvgIpc) is 2.85. The number of esters is 1. The Balaban J connectivity index is 2.03. The summed E-state index contributed by atoms with van der Waals surface area (Å²) in [5.41, 5.74) is 0.415. The Hall–Kier alpha value is -2.44. The number of ether oxygens (including phenoxy) is 1. The van der Waals surface area contributed by atoms with Crippen LogP contribution in [0.3, 0.4) is 0 Å². The molecule has 2 heterocycles. The molecule has 0 amide bonds. The number of aryl methyl sites for hydroxylation is 1. The number of aromatic nitrogens is 4. The minimum absolute atomic E-state index is 0.213. The van der Waals surface area contributed by atoms with Crippen LogP contribution in [-0.4, -0.2) is 32.7 Å². The van der Waals surface area contributed by atoms with E-state index in [1.807, 2.05) is 0 Å². The Labute approximate surface area is 109 Å². The molecule has 19 heavy (non-hydrogen) atoms. The second-order valence-corrected chi connectivity index (χ2v) is 3.85. The van der Waals surface area contributed by atoms with Crippen LogP contribution in [-0.2, 0) is 16.0 Å². The largest absolute Gasteiger partial charge is 0.466 e.